The van der Waals surface area contributed by atoms with E-state index in [0.29, 0.717) is 5.92 Å². The molecular formula is C21H41N3O4. The first-order chi connectivity index (χ1) is 13.3. The van der Waals surface area contributed by atoms with Crippen LogP contribution in [0.5, 0.6) is 0 Å². The Bertz CT molecular complexity index is 486. The number of ether oxygens (including phenoxy) is 2. The van der Waals surface area contributed by atoms with Gasteiger partial charge in [-0.15, -0.1) is 0 Å². The minimum absolute atomic E-state index is 0.00810. The third-order valence-corrected chi connectivity index (χ3v) is 5.84. The highest BCUT2D eigenvalue weighted by molar-refractivity contribution is 5.79. The van der Waals surface area contributed by atoms with Crippen molar-refractivity contribution in [1.29, 1.82) is 0 Å². The van der Waals surface area contributed by atoms with E-state index in [4.69, 9.17) is 9.47 Å². The molecule has 1 aliphatic rings. The monoisotopic (exact) mass is 399 g/mol. The van der Waals surface area contributed by atoms with Gasteiger partial charge in [-0.05, 0) is 32.2 Å². The van der Waals surface area contributed by atoms with Crippen LogP contribution in [0.1, 0.15) is 52.9 Å². The molecule has 0 bridgehead atoms. The molecule has 28 heavy (non-hydrogen) atoms. The second kappa shape index (κ2) is 12.4. The number of carbonyl (C=O) groups is 2. The van der Waals surface area contributed by atoms with Crippen LogP contribution < -0.4 is 5.32 Å². The molecule has 1 fully saturated rings. The van der Waals surface area contributed by atoms with Gasteiger partial charge in [0.25, 0.3) is 0 Å². The second-order valence-corrected chi connectivity index (χ2v) is 8.11. The van der Waals surface area contributed by atoms with Crippen LogP contribution in [0.4, 0.5) is 0 Å². The molecule has 0 radical (unpaired) electrons. The lowest BCUT2D eigenvalue weighted by Gasteiger charge is -2.36. The van der Waals surface area contributed by atoms with Crippen LogP contribution in [0.2, 0.25) is 0 Å². The van der Waals surface area contributed by atoms with Crippen molar-refractivity contribution in [3.63, 3.8) is 0 Å². The molecule has 4 unspecified atom stereocenters. The summed E-state index contributed by atoms with van der Waals surface area (Å²) in [6.45, 7) is 7.39. The lowest BCUT2D eigenvalue weighted by atomic mass is 9.96. The highest BCUT2D eigenvalue weighted by atomic mass is 16.5. The number of rotatable bonds is 12. The fourth-order valence-corrected chi connectivity index (χ4v) is 4.37. The number of hydrogen-bond donors (Lipinski definition) is 1. The molecule has 0 aromatic heterocycles. The van der Waals surface area contributed by atoms with Crippen molar-refractivity contribution in [2.24, 2.45) is 5.92 Å². The van der Waals surface area contributed by atoms with Gasteiger partial charge in [0.15, 0.2) is 0 Å². The Morgan fingerprint density at radius 3 is 2.43 bits per heavy atom. The molecule has 1 heterocycles. The molecule has 7 heteroatoms. The van der Waals surface area contributed by atoms with Gasteiger partial charge in [0.1, 0.15) is 0 Å². The fraction of sp³-hybridized carbons (Fsp3) is 0.905. The third kappa shape index (κ3) is 6.42. The number of hydrogen-bond acceptors (Lipinski definition) is 5. The van der Waals surface area contributed by atoms with Crippen LogP contribution in [-0.4, -0.2) is 87.3 Å². The molecule has 0 spiro atoms. The van der Waals surface area contributed by atoms with Gasteiger partial charge in [0, 0.05) is 27.8 Å². The zero-order valence-corrected chi connectivity index (χ0v) is 18.9. The molecule has 7 nitrogen and oxygen atoms in total. The van der Waals surface area contributed by atoms with E-state index in [1.807, 2.05) is 4.90 Å². The van der Waals surface area contributed by atoms with Gasteiger partial charge in [-0.25, -0.2) is 0 Å². The van der Waals surface area contributed by atoms with Gasteiger partial charge >= 0.3 is 0 Å². The molecule has 2 amide bonds. The summed E-state index contributed by atoms with van der Waals surface area (Å²) in [6.07, 6.45) is 3.69. The highest BCUT2D eigenvalue weighted by Crippen LogP contribution is 2.27. The van der Waals surface area contributed by atoms with Crippen molar-refractivity contribution in [2.45, 2.75) is 77.2 Å². The van der Waals surface area contributed by atoms with Crippen LogP contribution in [0.25, 0.3) is 0 Å². The van der Waals surface area contributed by atoms with Crippen molar-refractivity contribution < 1.29 is 19.1 Å². The SMILES string of the molecule is CCCC(C(CC(=O)N1CCCC1C(OC)C(C)C)OC)N(C)C(=O)CNC. The standard InChI is InChI=1S/C21H41N3O4/c1-8-10-16(23(5)20(26)14-22-4)18(27-6)13-19(25)24-12-9-11-17(24)21(28-7)15(2)3/h15-18,21-22H,8-14H2,1-7H3. The maximum Gasteiger partial charge on any atom is 0.236 e. The Morgan fingerprint density at radius 1 is 1.25 bits per heavy atom. The summed E-state index contributed by atoms with van der Waals surface area (Å²) in [4.78, 5) is 29.2. The molecule has 0 aliphatic carbocycles. The quantitative estimate of drug-likeness (QED) is 0.543. The topological polar surface area (TPSA) is 71.1 Å². The van der Waals surface area contributed by atoms with Crippen molar-refractivity contribution in [3.05, 3.63) is 0 Å². The van der Waals surface area contributed by atoms with E-state index in [1.54, 1.807) is 33.2 Å². The van der Waals surface area contributed by atoms with E-state index in [1.165, 1.54) is 0 Å². The Balaban J connectivity index is 2.90. The largest absolute Gasteiger partial charge is 0.379 e. The predicted octanol–water partition coefficient (Wildman–Crippen LogP) is 1.90. The lowest BCUT2D eigenvalue weighted by Crippen LogP contribution is -2.51. The summed E-state index contributed by atoms with van der Waals surface area (Å²) < 4.78 is 11.4. The average Bonchev–Trinajstić information content (AvgIpc) is 3.13. The molecule has 0 aromatic rings. The van der Waals surface area contributed by atoms with Gasteiger partial charge < -0.3 is 24.6 Å². The summed E-state index contributed by atoms with van der Waals surface area (Å²) >= 11 is 0. The van der Waals surface area contributed by atoms with Gasteiger partial charge in [-0.3, -0.25) is 9.59 Å². The van der Waals surface area contributed by atoms with Crippen LogP contribution >= 0.6 is 0 Å². The molecule has 1 aliphatic heterocycles. The molecule has 1 saturated heterocycles. The van der Waals surface area contributed by atoms with E-state index < -0.39 is 0 Å². The Kier molecular flexibility index (Phi) is 11.0. The molecule has 0 aromatic carbocycles. The highest BCUT2D eigenvalue weighted by Gasteiger charge is 2.38. The van der Waals surface area contributed by atoms with Gasteiger partial charge in [-0.2, -0.15) is 0 Å². The fourth-order valence-electron chi connectivity index (χ4n) is 4.37. The van der Waals surface area contributed by atoms with E-state index in [9.17, 15) is 9.59 Å². The van der Waals surface area contributed by atoms with Crippen molar-refractivity contribution in [1.82, 2.24) is 15.1 Å². The summed E-state index contributed by atoms with van der Waals surface area (Å²) in [5.41, 5.74) is 0. The average molecular weight is 400 g/mol. The number of nitrogens with one attached hydrogen (secondary N) is 1. The zero-order valence-electron chi connectivity index (χ0n) is 18.9. The Hall–Kier alpha value is -1.18. The molecule has 1 rings (SSSR count). The number of likely N-dealkylation sites (tertiary alicyclic amines) is 1. The number of likely N-dealkylation sites (N-methyl/N-ethyl adjacent to an activating group) is 2. The number of nitrogens with zero attached hydrogens (tertiary/aromatic N) is 2. The van der Waals surface area contributed by atoms with Crippen LogP contribution in [0, 0.1) is 5.92 Å². The molecule has 164 valence electrons. The molecule has 1 N–H and O–H groups in total. The number of methoxy groups -OCH3 is 2. The van der Waals surface area contributed by atoms with Gasteiger partial charge in [0.2, 0.25) is 11.8 Å². The number of amides is 2. The molecule has 4 atom stereocenters. The maximum absolute atomic E-state index is 13.2. The summed E-state index contributed by atoms with van der Waals surface area (Å²) in [6, 6.07) is -0.00698. The third-order valence-electron chi connectivity index (χ3n) is 5.84. The van der Waals surface area contributed by atoms with E-state index in [0.717, 1.165) is 32.2 Å². The van der Waals surface area contributed by atoms with Gasteiger partial charge in [-0.1, -0.05) is 27.2 Å². The van der Waals surface area contributed by atoms with Crippen LogP contribution in [0.15, 0.2) is 0 Å². The minimum Gasteiger partial charge on any atom is -0.379 e. The summed E-state index contributed by atoms with van der Waals surface area (Å²) in [5, 5.41) is 2.90. The van der Waals surface area contributed by atoms with Crippen LogP contribution in [-0.2, 0) is 19.1 Å². The van der Waals surface area contributed by atoms with E-state index >= 15 is 0 Å². The maximum atomic E-state index is 13.2. The smallest absolute Gasteiger partial charge is 0.236 e. The molecule has 0 saturated carbocycles. The molecular weight excluding hydrogens is 358 g/mol. The minimum atomic E-state index is -0.320. The van der Waals surface area contributed by atoms with Crippen molar-refractivity contribution in [3.8, 4) is 0 Å². The summed E-state index contributed by atoms with van der Waals surface area (Å²) in [5.74, 6) is 0.445. The lowest BCUT2D eigenvalue weighted by molar-refractivity contribution is -0.142. The first kappa shape index (κ1) is 24.9. The normalized spacial score (nSPS) is 20.3. The summed E-state index contributed by atoms with van der Waals surface area (Å²) in [7, 11) is 6.91. The predicted molar refractivity (Wildman–Crippen MR) is 111 cm³/mol. The van der Waals surface area contributed by atoms with Crippen LogP contribution in [0.3, 0.4) is 0 Å². The first-order valence-corrected chi connectivity index (χ1v) is 10.6. The Morgan fingerprint density at radius 2 is 1.93 bits per heavy atom. The van der Waals surface area contributed by atoms with Crippen molar-refractivity contribution >= 4 is 11.8 Å². The van der Waals surface area contributed by atoms with Gasteiger partial charge in [0.05, 0.1) is 37.3 Å². The van der Waals surface area contributed by atoms with E-state index in [2.05, 4.69) is 26.1 Å². The Labute approximate surface area is 171 Å². The zero-order chi connectivity index (χ0) is 21.3. The number of carbonyl (C=O) groups excluding carboxylic acids is 2. The van der Waals surface area contributed by atoms with E-state index in [-0.39, 0.29) is 49.1 Å². The first-order valence-electron chi connectivity index (χ1n) is 10.6. The second-order valence-electron chi connectivity index (χ2n) is 8.11. The van der Waals surface area contributed by atoms with Crippen molar-refractivity contribution in [2.75, 3.05) is 41.4 Å².